The molecule has 0 radical (unpaired) electrons. The van der Waals surface area contributed by atoms with Gasteiger partial charge in [0.05, 0.1) is 11.0 Å². The van der Waals surface area contributed by atoms with Crippen LogP contribution in [0.1, 0.15) is 0 Å². The van der Waals surface area contributed by atoms with Crippen molar-refractivity contribution in [3.63, 3.8) is 0 Å². The summed E-state index contributed by atoms with van der Waals surface area (Å²) in [5, 5.41) is 18.4. The van der Waals surface area contributed by atoms with Gasteiger partial charge in [0.2, 0.25) is 5.88 Å². The maximum atomic E-state index is 9.21. The van der Waals surface area contributed by atoms with Crippen molar-refractivity contribution in [2.45, 2.75) is 0 Å². The van der Waals surface area contributed by atoms with E-state index in [1.807, 2.05) is 72.8 Å². The Morgan fingerprint density at radius 1 is 0.615 bits per heavy atom. The van der Waals surface area contributed by atoms with E-state index in [-0.39, 0.29) is 5.88 Å². The van der Waals surface area contributed by atoms with E-state index in [4.69, 9.17) is 4.65 Å². The summed E-state index contributed by atoms with van der Waals surface area (Å²) in [5.74, 6) is 0.0751. The molecule has 0 saturated carbocycles. The van der Waals surface area contributed by atoms with E-state index in [0.29, 0.717) is 16.7 Å². The standard InChI is InChI=1S/C20H15BN2O3/c24-21(25)26-20-19(22-17-8-4-5-9-18(17)23-20)16-12-10-15(11-13-16)14-6-2-1-3-7-14/h1-13,24-25H. The zero-order valence-electron chi connectivity index (χ0n) is 13.8. The van der Waals surface area contributed by atoms with E-state index >= 15 is 0 Å². The Balaban J connectivity index is 1.79. The first kappa shape index (κ1) is 16.3. The molecular formula is C20H15BN2O3. The lowest BCUT2D eigenvalue weighted by molar-refractivity contribution is 0.284. The Hall–Kier alpha value is -3.22. The molecule has 0 aliphatic rings. The Morgan fingerprint density at radius 3 is 1.81 bits per heavy atom. The average molecular weight is 342 g/mol. The summed E-state index contributed by atoms with van der Waals surface area (Å²) in [6, 6.07) is 25.2. The second kappa shape index (κ2) is 6.96. The van der Waals surface area contributed by atoms with Crippen molar-refractivity contribution >= 4 is 18.4 Å². The molecule has 0 aliphatic heterocycles. The van der Waals surface area contributed by atoms with E-state index in [2.05, 4.69) is 9.97 Å². The summed E-state index contributed by atoms with van der Waals surface area (Å²) in [7, 11) is -1.96. The Bertz CT molecular complexity index is 1040. The van der Waals surface area contributed by atoms with Gasteiger partial charge in [0.25, 0.3) is 0 Å². The third-order valence-corrected chi connectivity index (χ3v) is 4.02. The van der Waals surface area contributed by atoms with Crippen LogP contribution in [0.25, 0.3) is 33.4 Å². The second-order valence-electron chi connectivity index (χ2n) is 5.75. The monoisotopic (exact) mass is 342 g/mol. The Kier molecular flexibility index (Phi) is 4.35. The van der Waals surface area contributed by atoms with Gasteiger partial charge in [0, 0.05) is 5.56 Å². The molecule has 0 atom stereocenters. The van der Waals surface area contributed by atoms with Gasteiger partial charge >= 0.3 is 7.32 Å². The van der Waals surface area contributed by atoms with Crippen LogP contribution in [-0.2, 0) is 0 Å². The summed E-state index contributed by atoms with van der Waals surface area (Å²) in [5.41, 5.74) is 4.75. The molecule has 1 heterocycles. The third-order valence-electron chi connectivity index (χ3n) is 4.02. The van der Waals surface area contributed by atoms with Crippen LogP contribution in [0, 0.1) is 0 Å². The van der Waals surface area contributed by atoms with Gasteiger partial charge in [-0.25, -0.2) is 9.97 Å². The van der Waals surface area contributed by atoms with Gasteiger partial charge in [-0.15, -0.1) is 0 Å². The van der Waals surface area contributed by atoms with Gasteiger partial charge in [-0.05, 0) is 23.3 Å². The molecule has 3 aromatic carbocycles. The van der Waals surface area contributed by atoms with Crippen molar-refractivity contribution in [3.8, 4) is 28.3 Å². The van der Waals surface area contributed by atoms with E-state index in [0.717, 1.165) is 16.7 Å². The fourth-order valence-corrected chi connectivity index (χ4v) is 2.81. The topological polar surface area (TPSA) is 75.5 Å². The van der Waals surface area contributed by atoms with Gasteiger partial charge in [-0.3, -0.25) is 0 Å². The third kappa shape index (κ3) is 3.28. The fourth-order valence-electron chi connectivity index (χ4n) is 2.81. The molecule has 0 bridgehead atoms. The van der Waals surface area contributed by atoms with Crippen molar-refractivity contribution in [1.29, 1.82) is 0 Å². The smallest absolute Gasteiger partial charge is 0.496 e. The van der Waals surface area contributed by atoms with Crippen LogP contribution in [-0.4, -0.2) is 27.3 Å². The maximum Gasteiger partial charge on any atom is 0.708 e. The highest BCUT2D eigenvalue weighted by molar-refractivity contribution is 6.33. The highest BCUT2D eigenvalue weighted by atomic mass is 16.6. The van der Waals surface area contributed by atoms with Crippen LogP contribution < -0.4 is 4.65 Å². The van der Waals surface area contributed by atoms with Gasteiger partial charge < -0.3 is 14.7 Å². The molecule has 26 heavy (non-hydrogen) atoms. The number of rotatable bonds is 4. The van der Waals surface area contributed by atoms with Crippen molar-refractivity contribution in [2.24, 2.45) is 0 Å². The molecule has 4 aromatic rings. The molecule has 1 aromatic heterocycles. The van der Waals surface area contributed by atoms with Crippen molar-refractivity contribution in [3.05, 3.63) is 78.9 Å². The van der Waals surface area contributed by atoms with Gasteiger partial charge in [-0.1, -0.05) is 66.7 Å². The lowest BCUT2D eigenvalue weighted by atomic mass is 10.0. The predicted octanol–water partition coefficient (Wildman–Crippen LogP) is 3.31. The van der Waals surface area contributed by atoms with Crippen LogP contribution in [0.4, 0.5) is 0 Å². The fraction of sp³-hybridized carbons (Fsp3) is 0. The highest BCUT2D eigenvalue weighted by Gasteiger charge is 2.19. The molecule has 4 rings (SSSR count). The van der Waals surface area contributed by atoms with Crippen molar-refractivity contribution in [1.82, 2.24) is 9.97 Å². The molecule has 5 nitrogen and oxygen atoms in total. The molecule has 0 unspecified atom stereocenters. The lowest BCUT2D eigenvalue weighted by Crippen LogP contribution is -2.22. The van der Waals surface area contributed by atoms with E-state index < -0.39 is 7.32 Å². The summed E-state index contributed by atoms with van der Waals surface area (Å²) < 4.78 is 5.06. The summed E-state index contributed by atoms with van der Waals surface area (Å²) >= 11 is 0. The number of benzene rings is 3. The number of nitrogens with zero attached hydrogens (tertiary/aromatic N) is 2. The normalized spacial score (nSPS) is 10.7. The molecule has 126 valence electrons. The SMILES string of the molecule is OB(O)Oc1nc2ccccc2nc1-c1ccc(-c2ccccc2)cc1. The van der Waals surface area contributed by atoms with Crippen LogP contribution in [0.15, 0.2) is 78.9 Å². The largest absolute Gasteiger partial charge is 0.708 e. The van der Waals surface area contributed by atoms with Crippen molar-refractivity contribution in [2.75, 3.05) is 0 Å². The first-order chi connectivity index (χ1) is 12.7. The first-order valence-electron chi connectivity index (χ1n) is 8.16. The molecule has 0 aliphatic carbocycles. The van der Waals surface area contributed by atoms with E-state index in [1.165, 1.54) is 0 Å². The second-order valence-corrected chi connectivity index (χ2v) is 5.75. The molecule has 0 amide bonds. The minimum absolute atomic E-state index is 0.0751. The average Bonchev–Trinajstić information content (AvgIpc) is 2.68. The number of hydrogen-bond acceptors (Lipinski definition) is 5. The number of fused-ring (bicyclic) bond motifs is 1. The van der Waals surface area contributed by atoms with Crippen LogP contribution in [0.3, 0.4) is 0 Å². The molecule has 6 heteroatoms. The molecule has 0 spiro atoms. The predicted molar refractivity (Wildman–Crippen MR) is 101 cm³/mol. The number of para-hydroxylation sites is 2. The maximum absolute atomic E-state index is 9.21. The van der Waals surface area contributed by atoms with Crippen LogP contribution in [0.5, 0.6) is 5.88 Å². The Morgan fingerprint density at radius 2 is 1.15 bits per heavy atom. The van der Waals surface area contributed by atoms with Gasteiger partial charge in [-0.2, -0.15) is 0 Å². The van der Waals surface area contributed by atoms with Gasteiger partial charge in [0.15, 0.2) is 0 Å². The zero-order valence-corrected chi connectivity index (χ0v) is 13.8. The van der Waals surface area contributed by atoms with Crippen molar-refractivity contribution < 1.29 is 14.7 Å². The van der Waals surface area contributed by atoms with Crippen LogP contribution in [0.2, 0.25) is 0 Å². The van der Waals surface area contributed by atoms with Gasteiger partial charge in [0.1, 0.15) is 5.69 Å². The number of aromatic nitrogens is 2. The molecular weight excluding hydrogens is 327 g/mol. The summed E-state index contributed by atoms with van der Waals surface area (Å²) in [6.45, 7) is 0. The lowest BCUT2D eigenvalue weighted by Gasteiger charge is -2.11. The van der Waals surface area contributed by atoms with Crippen LogP contribution >= 0.6 is 0 Å². The highest BCUT2D eigenvalue weighted by Crippen LogP contribution is 2.30. The van der Waals surface area contributed by atoms with E-state index in [9.17, 15) is 10.0 Å². The zero-order chi connectivity index (χ0) is 17.9. The Labute approximate surface area is 150 Å². The quantitative estimate of drug-likeness (QED) is 0.557. The molecule has 0 fully saturated rings. The number of hydrogen-bond donors (Lipinski definition) is 2. The summed E-state index contributed by atoms with van der Waals surface area (Å²) in [4.78, 5) is 8.96. The molecule has 0 saturated heterocycles. The first-order valence-corrected chi connectivity index (χ1v) is 8.16. The van der Waals surface area contributed by atoms with E-state index in [1.54, 1.807) is 6.07 Å². The minimum Gasteiger partial charge on any atom is -0.496 e. The molecule has 2 N–H and O–H groups in total. The minimum atomic E-state index is -1.96. The summed E-state index contributed by atoms with van der Waals surface area (Å²) in [6.07, 6.45) is 0.